The largest absolute Gasteiger partial charge is 0.483 e. The van der Waals surface area contributed by atoms with Crippen LogP contribution in [-0.2, 0) is 4.79 Å². The van der Waals surface area contributed by atoms with Crippen LogP contribution in [0.4, 0.5) is 5.69 Å². The molecule has 4 aromatic rings. The first-order chi connectivity index (χ1) is 15.4. The van der Waals surface area contributed by atoms with E-state index in [1.165, 1.54) is 0 Å². The number of aryl methyl sites for hydroxylation is 1. The van der Waals surface area contributed by atoms with Gasteiger partial charge in [-0.2, -0.15) is 0 Å². The number of nitrogens with zero attached hydrogens (tertiary/aromatic N) is 1. The van der Waals surface area contributed by atoms with Gasteiger partial charge in [0.1, 0.15) is 11.3 Å². The monoisotopic (exact) mass is 529 g/mol. The summed E-state index contributed by atoms with van der Waals surface area (Å²) < 4.78 is 12.2. The summed E-state index contributed by atoms with van der Waals surface area (Å²) in [6.07, 6.45) is 0. The molecule has 0 atom stereocenters. The fraction of sp³-hybridized carbons (Fsp3) is 0.0870. The van der Waals surface area contributed by atoms with Crippen molar-refractivity contribution in [2.24, 2.45) is 0 Å². The van der Waals surface area contributed by atoms with Crippen molar-refractivity contribution >= 4 is 67.6 Å². The summed E-state index contributed by atoms with van der Waals surface area (Å²) in [7, 11) is 0. The Morgan fingerprint density at radius 3 is 2.81 bits per heavy atom. The van der Waals surface area contributed by atoms with E-state index in [1.54, 1.807) is 24.3 Å². The highest BCUT2D eigenvalue weighted by molar-refractivity contribution is 9.10. The second-order valence-electron chi connectivity index (χ2n) is 6.88. The second-order valence-corrected chi connectivity index (χ2v) is 8.61. The van der Waals surface area contributed by atoms with Gasteiger partial charge in [0, 0.05) is 10.2 Å². The zero-order valence-corrected chi connectivity index (χ0v) is 20.0. The first-order valence-electron chi connectivity index (χ1n) is 9.54. The molecule has 0 unspecified atom stereocenters. The molecule has 2 N–H and O–H groups in total. The number of carbonyl (C=O) groups excluding carboxylic acids is 1. The van der Waals surface area contributed by atoms with Crippen LogP contribution in [0.25, 0.3) is 22.6 Å². The standard InChI is InChI=1S/C23H17BrClN3O3S/c1-13-4-2-3-5-19(13)30-12-21(29)28-23(32)26-15-7-9-20-18(11-15)27-22(31-20)16-10-14(24)6-8-17(16)25/h2-11H,12H2,1H3,(H2,26,28,29,32). The van der Waals surface area contributed by atoms with Gasteiger partial charge in [-0.3, -0.25) is 10.1 Å². The lowest BCUT2D eigenvalue weighted by Gasteiger charge is -2.11. The van der Waals surface area contributed by atoms with E-state index in [9.17, 15) is 4.79 Å². The maximum atomic E-state index is 12.2. The smallest absolute Gasteiger partial charge is 0.264 e. The van der Waals surface area contributed by atoms with Gasteiger partial charge in [0.25, 0.3) is 5.91 Å². The SMILES string of the molecule is Cc1ccccc1OCC(=O)NC(=S)Nc1ccc2oc(-c3cc(Br)ccc3Cl)nc2c1. The second kappa shape index (κ2) is 9.68. The molecule has 4 rings (SSSR count). The molecular weight excluding hydrogens is 514 g/mol. The quantitative estimate of drug-likeness (QED) is 0.303. The molecule has 0 fully saturated rings. The number of fused-ring (bicyclic) bond motifs is 1. The number of para-hydroxylation sites is 1. The van der Waals surface area contributed by atoms with Gasteiger partial charge in [-0.05, 0) is 67.2 Å². The van der Waals surface area contributed by atoms with Gasteiger partial charge in [0.15, 0.2) is 17.3 Å². The van der Waals surface area contributed by atoms with E-state index in [4.69, 9.17) is 33.0 Å². The third kappa shape index (κ3) is 5.27. The molecule has 1 heterocycles. The van der Waals surface area contributed by atoms with Crippen LogP contribution in [0, 0.1) is 6.92 Å². The first-order valence-corrected chi connectivity index (χ1v) is 11.1. The van der Waals surface area contributed by atoms with Crippen LogP contribution >= 0.6 is 39.7 Å². The van der Waals surface area contributed by atoms with Gasteiger partial charge in [-0.1, -0.05) is 45.7 Å². The number of benzene rings is 3. The molecule has 0 aliphatic carbocycles. The highest BCUT2D eigenvalue weighted by atomic mass is 79.9. The highest BCUT2D eigenvalue weighted by Crippen LogP contribution is 2.32. The van der Waals surface area contributed by atoms with Gasteiger partial charge in [-0.25, -0.2) is 4.98 Å². The molecule has 162 valence electrons. The van der Waals surface area contributed by atoms with E-state index < -0.39 is 0 Å². The third-order valence-electron chi connectivity index (χ3n) is 4.51. The summed E-state index contributed by atoms with van der Waals surface area (Å²) in [4.78, 5) is 16.7. The van der Waals surface area contributed by atoms with Crippen molar-refractivity contribution in [2.75, 3.05) is 11.9 Å². The Labute approximate surface area is 203 Å². The zero-order valence-electron chi connectivity index (χ0n) is 16.8. The van der Waals surface area contributed by atoms with E-state index in [-0.39, 0.29) is 17.6 Å². The summed E-state index contributed by atoms with van der Waals surface area (Å²) >= 11 is 14.9. The number of amides is 1. The number of anilines is 1. The lowest BCUT2D eigenvalue weighted by molar-refractivity contribution is -0.121. The van der Waals surface area contributed by atoms with Crippen LogP contribution in [-0.4, -0.2) is 22.6 Å². The van der Waals surface area contributed by atoms with Gasteiger partial charge < -0.3 is 14.5 Å². The molecule has 32 heavy (non-hydrogen) atoms. The number of nitrogens with one attached hydrogen (secondary N) is 2. The molecule has 9 heteroatoms. The fourth-order valence-corrected chi connectivity index (χ4v) is 3.76. The van der Waals surface area contributed by atoms with E-state index >= 15 is 0 Å². The van der Waals surface area contributed by atoms with Gasteiger partial charge in [-0.15, -0.1) is 0 Å². The van der Waals surface area contributed by atoms with Gasteiger partial charge in [0.2, 0.25) is 5.89 Å². The summed E-state index contributed by atoms with van der Waals surface area (Å²) in [5.41, 5.74) is 3.51. The summed E-state index contributed by atoms with van der Waals surface area (Å²) in [5, 5.41) is 6.26. The van der Waals surface area contributed by atoms with Crippen molar-refractivity contribution in [2.45, 2.75) is 6.92 Å². The van der Waals surface area contributed by atoms with Crippen LogP contribution in [0.15, 0.2) is 69.6 Å². The van der Waals surface area contributed by atoms with Crippen molar-refractivity contribution in [3.8, 4) is 17.2 Å². The predicted molar refractivity (Wildman–Crippen MR) is 133 cm³/mol. The summed E-state index contributed by atoms with van der Waals surface area (Å²) in [6, 6.07) is 18.3. The molecule has 1 aromatic heterocycles. The molecular formula is C23H17BrClN3O3S. The Morgan fingerprint density at radius 2 is 2.00 bits per heavy atom. The van der Waals surface area contributed by atoms with E-state index in [0.717, 1.165) is 10.0 Å². The maximum Gasteiger partial charge on any atom is 0.264 e. The summed E-state index contributed by atoms with van der Waals surface area (Å²) in [5.74, 6) is 0.701. The lowest BCUT2D eigenvalue weighted by Crippen LogP contribution is -2.37. The minimum atomic E-state index is -0.361. The first kappa shape index (κ1) is 22.3. The zero-order chi connectivity index (χ0) is 22.7. The third-order valence-corrected chi connectivity index (χ3v) is 5.54. The van der Waals surface area contributed by atoms with Crippen molar-refractivity contribution in [1.82, 2.24) is 10.3 Å². The van der Waals surface area contributed by atoms with Crippen molar-refractivity contribution in [1.29, 1.82) is 0 Å². The summed E-state index contributed by atoms with van der Waals surface area (Å²) in [6.45, 7) is 1.77. The van der Waals surface area contributed by atoms with Crippen LogP contribution in [0.5, 0.6) is 5.75 Å². The molecule has 6 nitrogen and oxygen atoms in total. The van der Waals surface area contributed by atoms with Crippen LogP contribution in [0.2, 0.25) is 5.02 Å². The molecule has 0 bridgehead atoms. The normalized spacial score (nSPS) is 10.7. The molecule has 0 saturated carbocycles. The number of oxazole rings is 1. The molecule has 3 aromatic carbocycles. The number of aromatic nitrogens is 1. The molecule has 0 radical (unpaired) electrons. The number of rotatable bonds is 5. The average Bonchev–Trinajstić information content (AvgIpc) is 3.18. The number of halogens is 2. The minimum Gasteiger partial charge on any atom is -0.483 e. The molecule has 0 aliphatic heterocycles. The van der Waals surface area contributed by atoms with Crippen LogP contribution in [0.3, 0.4) is 0 Å². The lowest BCUT2D eigenvalue weighted by atomic mass is 10.2. The maximum absolute atomic E-state index is 12.2. The molecule has 0 spiro atoms. The molecule has 0 saturated heterocycles. The van der Waals surface area contributed by atoms with E-state index in [2.05, 4.69) is 31.5 Å². The van der Waals surface area contributed by atoms with Gasteiger partial charge in [0.05, 0.1) is 10.6 Å². The minimum absolute atomic E-state index is 0.147. The molecule has 0 aliphatic rings. The molecule has 1 amide bonds. The number of hydrogen-bond acceptors (Lipinski definition) is 5. The Hall–Kier alpha value is -2.94. The Bertz CT molecular complexity index is 1330. The Kier molecular flexibility index (Phi) is 6.74. The Balaban J connectivity index is 1.40. The van der Waals surface area contributed by atoms with E-state index in [0.29, 0.717) is 39.0 Å². The van der Waals surface area contributed by atoms with Crippen molar-refractivity contribution in [3.05, 3.63) is 75.7 Å². The van der Waals surface area contributed by atoms with Crippen molar-refractivity contribution < 1.29 is 13.9 Å². The van der Waals surface area contributed by atoms with E-state index in [1.807, 2.05) is 43.3 Å². The highest BCUT2D eigenvalue weighted by Gasteiger charge is 2.13. The number of ether oxygens (including phenoxy) is 1. The van der Waals surface area contributed by atoms with Crippen LogP contribution < -0.4 is 15.4 Å². The number of thiocarbonyl (C=S) groups is 1. The van der Waals surface area contributed by atoms with Gasteiger partial charge >= 0.3 is 0 Å². The topological polar surface area (TPSA) is 76.4 Å². The van der Waals surface area contributed by atoms with Crippen molar-refractivity contribution in [3.63, 3.8) is 0 Å². The Morgan fingerprint density at radius 1 is 1.19 bits per heavy atom. The predicted octanol–water partition coefficient (Wildman–Crippen LogP) is 6.11. The number of carbonyl (C=O) groups is 1. The van der Waals surface area contributed by atoms with Crippen LogP contribution in [0.1, 0.15) is 5.56 Å². The average molecular weight is 531 g/mol. The number of hydrogen-bond donors (Lipinski definition) is 2. The fourth-order valence-electron chi connectivity index (χ4n) is 2.97.